The highest BCUT2D eigenvalue weighted by Gasteiger charge is 2.54. The smallest absolute Gasteiger partial charge is 0.290 e. The predicted molar refractivity (Wildman–Crippen MR) is 118 cm³/mol. The molecule has 1 aromatic carbocycles. The monoisotopic (exact) mass is 532 g/mol. The molecule has 14 heteroatoms. The Labute approximate surface area is 204 Å². The fourth-order valence-electron chi connectivity index (χ4n) is 3.91. The molecule has 1 unspecified atom stereocenters. The van der Waals surface area contributed by atoms with Crippen molar-refractivity contribution in [3.8, 4) is 5.69 Å². The number of hydrogen-bond acceptors (Lipinski definition) is 5. The summed E-state index contributed by atoms with van der Waals surface area (Å²) in [7, 11) is 1.32. The van der Waals surface area contributed by atoms with Gasteiger partial charge in [0.2, 0.25) is 11.2 Å². The first kappa shape index (κ1) is 26.4. The zero-order valence-corrected chi connectivity index (χ0v) is 19.0. The molecular formula is C23H19F7N4O3. The topological polar surface area (TPSA) is 87.5 Å². The summed E-state index contributed by atoms with van der Waals surface area (Å²) in [6.07, 6.45) is -3.02. The third-order valence-electron chi connectivity index (χ3n) is 5.97. The summed E-state index contributed by atoms with van der Waals surface area (Å²) in [5.74, 6) is -12.2. The number of alkyl halides is 3. The zero-order valence-electron chi connectivity index (χ0n) is 19.0. The second-order valence-electron chi connectivity index (χ2n) is 8.57. The molecule has 3 aromatic rings. The van der Waals surface area contributed by atoms with E-state index in [0.717, 1.165) is 4.90 Å². The van der Waals surface area contributed by atoms with Gasteiger partial charge in [-0.05, 0) is 18.9 Å². The van der Waals surface area contributed by atoms with Gasteiger partial charge < -0.3 is 15.3 Å². The SMILES string of the molecule is CN(CCO)c1nc2c(cc1F)c(=O)c(C(=O)NC(F)(C(F)F)C1CC1)cn2-c1c(F)cc(F)cc1F. The lowest BCUT2D eigenvalue weighted by molar-refractivity contribution is -0.0671. The number of hydrogen-bond donors (Lipinski definition) is 2. The highest BCUT2D eigenvalue weighted by molar-refractivity contribution is 5.97. The van der Waals surface area contributed by atoms with E-state index >= 15 is 0 Å². The third kappa shape index (κ3) is 4.72. The summed E-state index contributed by atoms with van der Waals surface area (Å²) in [5.41, 5.74) is -3.95. The Hall–Kier alpha value is -3.68. The largest absolute Gasteiger partial charge is 0.395 e. The highest BCUT2D eigenvalue weighted by Crippen LogP contribution is 2.44. The van der Waals surface area contributed by atoms with Crippen molar-refractivity contribution in [3.63, 3.8) is 0 Å². The molecule has 1 fully saturated rings. The minimum Gasteiger partial charge on any atom is -0.395 e. The van der Waals surface area contributed by atoms with Crippen LogP contribution in [0.15, 0.2) is 29.2 Å². The molecule has 1 amide bonds. The molecule has 1 aliphatic rings. The number of carbonyl (C=O) groups is 1. The van der Waals surface area contributed by atoms with E-state index in [4.69, 9.17) is 5.11 Å². The number of nitrogens with zero attached hydrogens (tertiary/aromatic N) is 3. The molecule has 0 saturated heterocycles. The normalized spacial score (nSPS) is 15.2. The first-order valence-electron chi connectivity index (χ1n) is 10.9. The average Bonchev–Trinajstić information content (AvgIpc) is 3.65. The molecule has 0 radical (unpaired) electrons. The maximum Gasteiger partial charge on any atom is 0.290 e. The number of aliphatic hydroxyl groups excluding tert-OH is 1. The Kier molecular flexibility index (Phi) is 6.88. The van der Waals surface area contributed by atoms with Gasteiger partial charge in [-0.15, -0.1) is 0 Å². The van der Waals surface area contributed by atoms with E-state index in [1.165, 1.54) is 12.4 Å². The van der Waals surface area contributed by atoms with Crippen LogP contribution in [0.4, 0.5) is 36.6 Å². The van der Waals surface area contributed by atoms with Crippen LogP contribution in [0.25, 0.3) is 16.7 Å². The summed E-state index contributed by atoms with van der Waals surface area (Å²) >= 11 is 0. The van der Waals surface area contributed by atoms with E-state index in [2.05, 4.69) is 4.98 Å². The van der Waals surface area contributed by atoms with E-state index in [1.807, 2.05) is 0 Å². The van der Waals surface area contributed by atoms with Gasteiger partial charge >= 0.3 is 0 Å². The fourth-order valence-corrected chi connectivity index (χ4v) is 3.91. The van der Waals surface area contributed by atoms with Crippen molar-refractivity contribution in [1.82, 2.24) is 14.9 Å². The molecule has 198 valence electrons. The van der Waals surface area contributed by atoms with Crippen molar-refractivity contribution in [2.24, 2.45) is 5.92 Å². The van der Waals surface area contributed by atoms with Crippen molar-refractivity contribution < 1.29 is 40.6 Å². The lowest BCUT2D eigenvalue weighted by atomic mass is 10.1. The molecule has 1 atom stereocenters. The minimum absolute atomic E-state index is 0.0499. The van der Waals surface area contributed by atoms with Crippen molar-refractivity contribution in [2.45, 2.75) is 25.1 Å². The van der Waals surface area contributed by atoms with Gasteiger partial charge in [-0.2, -0.15) is 0 Å². The summed E-state index contributed by atoms with van der Waals surface area (Å²) in [4.78, 5) is 31.0. The molecular weight excluding hydrogens is 513 g/mol. The molecule has 2 N–H and O–H groups in total. The van der Waals surface area contributed by atoms with Crippen LogP contribution < -0.4 is 15.6 Å². The van der Waals surface area contributed by atoms with E-state index in [9.17, 15) is 40.3 Å². The van der Waals surface area contributed by atoms with Gasteiger partial charge in [0.15, 0.2) is 28.9 Å². The van der Waals surface area contributed by atoms with Crippen LogP contribution >= 0.6 is 0 Å². The van der Waals surface area contributed by atoms with E-state index < -0.39 is 87.4 Å². The van der Waals surface area contributed by atoms with E-state index in [1.54, 1.807) is 0 Å². The van der Waals surface area contributed by atoms with Gasteiger partial charge in [0, 0.05) is 37.8 Å². The molecule has 1 aliphatic carbocycles. The number of fused-ring (bicyclic) bond motifs is 1. The molecule has 7 nitrogen and oxygen atoms in total. The second kappa shape index (κ2) is 9.65. The standard InChI is InChI=1S/C23H19F7N4O3/c1-33(4-5-35)20-16(27)8-12-18(36)13(21(37)32-23(30,22(28)29)10-2-3-10)9-34(19(12)31-20)17-14(25)6-11(24)7-15(17)26/h6-10,22,35H,2-5H2,1H3,(H,32,37). The van der Waals surface area contributed by atoms with Gasteiger partial charge in [-0.3, -0.25) is 14.2 Å². The Morgan fingerprint density at radius 1 is 1.19 bits per heavy atom. The Morgan fingerprint density at radius 3 is 2.35 bits per heavy atom. The number of carbonyl (C=O) groups excluding carboxylic acids is 1. The van der Waals surface area contributed by atoms with E-state index in [0.29, 0.717) is 29.0 Å². The first-order valence-corrected chi connectivity index (χ1v) is 10.9. The zero-order chi connectivity index (χ0) is 27.2. The predicted octanol–water partition coefficient (Wildman–Crippen LogP) is 3.44. The van der Waals surface area contributed by atoms with Crippen LogP contribution in [0.3, 0.4) is 0 Å². The summed E-state index contributed by atoms with van der Waals surface area (Å²) in [6, 6.07) is 1.18. The van der Waals surface area contributed by atoms with Crippen LogP contribution in [0.2, 0.25) is 0 Å². The number of pyridine rings is 2. The number of nitrogens with one attached hydrogen (secondary N) is 1. The van der Waals surface area contributed by atoms with Gasteiger partial charge in [-0.25, -0.2) is 35.7 Å². The van der Waals surface area contributed by atoms with Crippen LogP contribution in [0.1, 0.15) is 23.2 Å². The molecule has 0 spiro atoms. The number of halogens is 7. The molecule has 37 heavy (non-hydrogen) atoms. The molecule has 0 aliphatic heterocycles. The lowest BCUT2D eigenvalue weighted by Crippen LogP contribution is -2.53. The lowest BCUT2D eigenvalue weighted by Gasteiger charge is -2.26. The molecule has 2 aromatic heterocycles. The van der Waals surface area contributed by atoms with Crippen LogP contribution in [-0.4, -0.2) is 53.0 Å². The summed E-state index contributed by atoms with van der Waals surface area (Å²) in [6.45, 7) is -0.564. The summed E-state index contributed by atoms with van der Waals surface area (Å²) < 4.78 is 100. The van der Waals surface area contributed by atoms with Crippen LogP contribution in [-0.2, 0) is 0 Å². The number of rotatable bonds is 8. The van der Waals surface area contributed by atoms with Crippen molar-refractivity contribution in [3.05, 3.63) is 63.5 Å². The maximum absolute atomic E-state index is 14.9. The fraction of sp³-hybridized carbons (Fsp3) is 0.348. The molecule has 0 bridgehead atoms. The van der Waals surface area contributed by atoms with Crippen LogP contribution in [0.5, 0.6) is 0 Å². The number of likely N-dealkylation sites (N-methyl/N-ethyl adjacent to an activating group) is 1. The van der Waals surface area contributed by atoms with Gasteiger partial charge in [0.25, 0.3) is 12.3 Å². The first-order chi connectivity index (χ1) is 17.4. The number of aromatic nitrogens is 2. The van der Waals surface area contributed by atoms with E-state index in [-0.39, 0.29) is 19.4 Å². The highest BCUT2D eigenvalue weighted by atomic mass is 19.3. The molecule has 1 saturated carbocycles. The Bertz CT molecular complexity index is 1420. The molecule has 4 rings (SSSR count). The number of aliphatic hydroxyl groups is 1. The second-order valence-corrected chi connectivity index (χ2v) is 8.57. The van der Waals surface area contributed by atoms with Crippen LogP contribution in [0, 0.1) is 29.2 Å². The summed E-state index contributed by atoms with van der Waals surface area (Å²) in [5, 5.41) is 9.92. The average molecular weight is 532 g/mol. The van der Waals surface area contributed by atoms with Crippen molar-refractivity contribution in [1.29, 1.82) is 0 Å². The van der Waals surface area contributed by atoms with Crippen molar-refractivity contribution >= 4 is 22.8 Å². The Balaban J connectivity index is 1.99. The van der Waals surface area contributed by atoms with Gasteiger partial charge in [-0.1, -0.05) is 0 Å². The molecule has 2 heterocycles. The quantitative estimate of drug-likeness (QED) is 0.343. The van der Waals surface area contributed by atoms with Gasteiger partial charge in [0.1, 0.15) is 17.1 Å². The maximum atomic E-state index is 14.9. The number of benzene rings is 1. The minimum atomic E-state index is -3.65. The number of anilines is 1. The van der Waals surface area contributed by atoms with Crippen molar-refractivity contribution in [2.75, 3.05) is 25.1 Å². The van der Waals surface area contributed by atoms with Gasteiger partial charge in [0.05, 0.1) is 12.0 Å². The number of amides is 1. The Morgan fingerprint density at radius 2 is 1.81 bits per heavy atom. The third-order valence-corrected chi connectivity index (χ3v) is 5.97.